The molecule has 1 aliphatic heterocycles. The van der Waals surface area contributed by atoms with Crippen LogP contribution >= 0.6 is 11.3 Å². The van der Waals surface area contributed by atoms with Gasteiger partial charge in [0.15, 0.2) is 5.96 Å². The van der Waals surface area contributed by atoms with Gasteiger partial charge in [0.05, 0.1) is 0 Å². The average Bonchev–Trinajstić information content (AvgIpc) is 3.11. The molecule has 2 atom stereocenters. The number of hydrogen-bond donors (Lipinski definition) is 2. The van der Waals surface area contributed by atoms with Crippen LogP contribution in [0.15, 0.2) is 22.5 Å². The fourth-order valence-electron chi connectivity index (χ4n) is 3.34. The van der Waals surface area contributed by atoms with Crippen molar-refractivity contribution < 1.29 is 4.79 Å². The average molecular weight is 366 g/mol. The molecule has 1 aliphatic rings. The van der Waals surface area contributed by atoms with Gasteiger partial charge >= 0.3 is 0 Å². The van der Waals surface area contributed by atoms with Crippen molar-refractivity contribution in [2.45, 2.75) is 25.3 Å². The molecular formula is C18H31N5OS. The monoisotopic (exact) mass is 365 g/mol. The number of piperidine rings is 1. The second kappa shape index (κ2) is 9.77. The maximum Gasteiger partial charge on any atom is 0.223 e. The van der Waals surface area contributed by atoms with Crippen molar-refractivity contribution >= 4 is 23.2 Å². The first kappa shape index (κ1) is 19.7. The molecule has 2 unspecified atom stereocenters. The number of aliphatic imine (C=N–C) groups is 1. The van der Waals surface area contributed by atoms with Crippen molar-refractivity contribution in [2.24, 2.45) is 10.9 Å². The van der Waals surface area contributed by atoms with Gasteiger partial charge < -0.3 is 15.5 Å². The zero-order chi connectivity index (χ0) is 18.2. The van der Waals surface area contributed by atoms with E-state index in [0.717, 1.165) is 19.0 Å². The van der Waals surface area contributed by atoms with Gasteiger partial charge in [-0.1, -0.05) is 6.07 Å². The SMILES string of the molecule is CN=C(NCCC(=O)N(C)C)NCC1CCCN(C)C1c1cccs1. The van der Waals surface area contributed by atoms with Crippen LogP contribution < -0.4 is 10.6 Å². The highest BCUT2D eigenvalue weighted by molar-refractivity contribution is 7.10. The summed E-state index contributed by atoms with van der Waals surface area (Å²) in [6.07, 6.45) is 2.92. The molecule has 6 nitrogen and oxygen atoms in total. The minimum Gasteiger partial charge on any atom is -0.356 e. The van der Waals surface area contributed by atoms with E-state index in [1.54, 1.807) is 26.0 Å². The summed E-state index contributed by atoms with van der Waals surface area (Å²) in [5.74, 6) is 1.44. The smallest absolute Gasteiger partial charge is 0.223 e. The molecule has 1 fully saturated rings. The van der Waals surface area contributed by atoms with E-state index in [4.69, 9.17) is 0 Å². The number of hydrogen-bond acceptors (Lipinski definition) is 4. The first-order chi connectivity index (χ1) is 12.0. The Morgan fingerprint density at radius 2 is 2.24 bits per heavy atom. The van der Waals surface area contributed by atoms with Crippen LogP contribution in [0.2, 0.25) is 0 Å². The van der Waals surface area contributed by atoms with E-state index in [9.17, 15) is 4.79 Å². The van der Waals surface area contributed by atoms with Crippen LogP contribution in [0.25, 0.3) is 0 Å². The van der Waals surface area contributed by atoms with Crippen LogP contribution in [0.4, 0.5) is 0 Å². The molecule has 1 amide bonds. The molecular weight excluding hydrogens is 334 g/mol. The molecule has 0 aromatic carbocycles. The zero-order valence-corrected chi connectivity index (χ0v) is 16.6. The largest absolute Gasteiger partial charge is 0.356 e. The Labute approximate surface area is 155 Å². The molecule has 0 saturated carbocycles. The summed E-state index contributed by atoms with van der Waals surface area (Å²) < 4.78 is 0. The number of nitrogens with one attached hydrogen (secondary N) is 2. The van der Waals surface area contributed by atoms with Crippen LogP contribution in [0, 0.1) is 5.92 Å². The molecule has 2 heterocycles. The fraction of sp³-hybridized carbons (Fsp3) is 0.667. The van der Waals surface area contributed by atoms with E-state index >= 15 is 0 Å². The summed E-state index contributed by atoms with van der Waals surface area (Å²) in [5, 5.41) is 8.84. The molecule has 1 aromatic rings. The lowest BCUT2D eigenvalue weighted by Gasteiger charge is -2.39. The fourth-order valence-corrected chi connectivity index (χ4v) is 4.33. The van der Waals surface area contributed by atoms with Crippen LogP contribution in [0.3, 0.4) is 0 Å². The Bertz CT molecular complexity index is 558. The predicted molar refractivity (Wildman–Crippen MR) is 105 cm³/mol. The maximum absolute atomic E-state index is 11.6. The third-order valence-corrected chi connectivity index (χ3v) is 5.67. The molecule has 0 bridgehead atoms. The molecule has 0 aliphatic carbocycles. The number of rotatable bonds is 6. The molecule has 1 saturated heterocycles. The molecule has 0 spiro atoms. The summed E-state index contributed by atoms with van der Waals surface area (Å²) in [4.78, 5) is 21.4. The Hall–Kier alpha value is -1.60. The van der Waals surface area contributed by atoms with Crippen LogP contribution in [-0.4, -0.2) is 69.5 Å². The second-order valence-electron chi connectivity index (χ2n) is 6.76. The standard InChI is InChI=1S/C18H31N5OS/c1-19-18(20-10-9-16(24)22(2)3)21-13-14-7-5-11-23(4)17(14)15-8-6-12-25-15/h6,8,12,14,17H,5,7,9-11,13H2,1-4H3,(H2,19,20,21). The second-order valence-corrected chi connectivity index (χ2v) is 7.74. The van der Waals surface area contributed by atoms with Gasteiger partial charge in [-0.2, -0.15) is 0 Å². The Kier molecular flexibility index (Phi) is 7.71. The third kappa shape index (κ3) is 5.71. The van der Waals surface area contributed by atoms with Gasteiger partial charge in [-0.3, -0.25) is 14.7 Å². The Morgan fingerprint density at radius 1 is 1.44 bits per heavy atom. The number of carbonyl (C=O) groups excluding carboxylic acids is 1. The lowest BCUT2D eigenvalue weighted by atomic mass is 9.88. The van der Waals surface area contributed by atoms with Crippen LogP contribution in [0.1, 0.15) is 30.2 Å². The summed E-state index contributed by atoms with van der Waals surface area (Å²) in [6, 6.07) is 4.84. The van der Waals surface area contributed by atoms with Crippen LogP contribution in [0.5, 0.6) is 0 Å². The van der Waals surface area contributed by atoms with Gasteiger partial charge in [0.25, 0.3) is 0 Å². The molecule has 140 valence electrons. The van der Waals surface area contributed by atoms with Crippen molar-refractivity contribution in [3.8, 4) is 0 Å². The lowest BCUT2D eigenvalue weighted by molar-refractivity contribution is -0.128. The Balaban J connectivity index is 1.85. The number of guanidine groups is 1. The highest BCUT2D eigenvalue weighted by Crippen LogP contribution is 2.36. The van der Waals surface area contributed by atoms with Gasteiger partial charge in [-0.25, -0.2) is 0 Å². The van der Waals surface area contributed by atoms with Gasteiger partial charge in [0, 0.05) is 51.6 Å². The zero-order valence-electron chi connectivity index (χ0n) is 15.8. The molecule has 25 heavy (non-hydrogen) atoms. The van der Waals surface area contributed by atoms with Crippen molar-refractivity contribution in [1.82, 2.24) is 20.4 Å². The highest BCUT2D eigenvalue weighted by Gasteiger charge is 2.31. The van der Waals surface area contributed by atoms with Crippen molar-refractivity contribution in [1.29, 1.82) is 0 Å². The molecule has 2 N–H and O–H groups in total. The van der Waals surface area contributed by atoms with E-state index in [1.807, 2.05) is 11.3 Å². The topological polar surface area (TPSA) is 60.0 Å². The first-order valence-electron chi connectivity index (χ1n) is 8.91. The normalized spacial score (nSPS) is 21.8. The summed E-state index contributed by atoms with van der Waals surface area (Å²) in [7, 11) is 7.54. The summed E-state index contributed by atoms with van der Waals surface area (Å²) >= 11 is 1.84. The van der Waals surface area contributed by atoms with E-state index in [1.165, 1.54) is 17.7 Å². The third-order valence-electron chi connectivity index (χ3n) is 4.73. The van der Waals surface area contributed by atoms with Gasteiger partial charge in [0.2, 0.25) is 5.91 Å². The van der Waals surface area contributed by atoms with Gasteiger partial charge in [-0.15, -0.1) is 11.3 Å². The number of likely N-dealkylation sites (tertiary alicyclic amines) is 1. The van der Waals surface area contributed by atoms with Crippen molar-refractivity contribution in [2.75, 3.05) is 47.8 Å². The molecule has 2 rings (SSSR count). The van der Waals surface area contributed by atoms with Crippen molar-refractivity contribution in [3.05, 3.63) is 22.4 Å². The van der Waals surface area contributed by atoms with E-state index < -0.39 is 0 Å². The molecule has 7 heteroatoms. The van der Waals surface area contributed by atoms with E-state index in [0.29, 0.717) is 24.9 Å². The minimum absolute atomic E-state index is 0.120. The predicted octanol–water partition coefficient (Wildman–Crippen LogP) is 1.77. The molecule has 0 radical (unpaired) electrons. The van der Waals surface area contributed by atoms with Crippen LogP contribution in [-0.2, 0) is 4.79 Å². The summed E-state index contributed by atoms with van der Waals surface area (Å²) in [6.45, 7) is 2.63. The van der Waals surface area contributed by atoms with Gasteiger partial charge in [0.1, 0.15) is 0 Å². The summed E-state index contributed by atoms with van der Waals surface area (Å²) in [5.41, 5.74) is 0. The lowest BCUT2D eigenvalue weighted by Crippen LogP contribution is -2.45. The Morgan fingerprint density at radius 3 is 2.88 bits per heavy atom. The molecule has 1 aromatic heterocycles. The van der Waals surface area contributed by atoms with Crippen molar-refractivity contribution in [3.63, 3.8) is 0 Å². The highest BCUT2D eigenvalue weighted by atomic mass is 32.1. The number of thiophene rings is 1. The number of nitrogens with zero attached hydrogens (tertiary/aromatic N) is 3. The number of carbonyl (C=O) groups is 1. The van der Waals surface area contributed by atoms with E-state index in [2.05, 4.69) is 45.1 Å². The maximum atomic E-state index is 11.6. The van der Waals surface area contributed by atoms with E-state index in [-0.39, 0.29) is 5.91 Å². The quantitative estimate of drug-likeness (QED) is 0.596. The minimum atomic E-state index is 0.120. The first-order valence-corrected chi connectivity index (χ1v) is 9.79. The number of amides is 1. The van der Waals surface area contributed by atoms with Gasteiger partial charge in [-0.05, 0) is 43.8 Å².